The molecule has 3 aromatic heterocycles. The van der Waals surface area contributed by atoms with Crippen molar-refractivity contribution in [1.29, 1.82) is 0 Å². The summed E-state index contributed by atoms with van der Waals surface area (Å²) in [6, 6.07) is 4.53. The quantitative estimate of drug-likeness (QED) is 0.692. The molecule has 0 spiro atoms. The predicted molar refractivity (Wildman–Crippen MR) is 85.5 cm³/mol. The van der Waals surface area contributed by atoms with Gasteiger partial charge >= 0.3 is 0 Å². The van der Waals surface area contributed by atoms with Gasteiger partial charge in [0.25, 0.3) is 0 Å². The maximum atomic E-state index is 6.22. The standard InChI is InChI=1S/C14H16ClN5S/c1-9(11-5-4-6-21-11)19(2)8-12-17-13(15)10-7-16-20(3)14(10)18-12/h4-7,9H,8H2,1-3H3. The van der Waals surface area contributed by atoms with Gasteiger partial charge in [0.2, 0.25) is 0 Å². The molecule has 1 atom stereocenters. The van der Waals surface area contributed by atoms with Crippen molar-refractivity contribution >= 4 is 34.0 Å². The van der Waals surface area contributed by atoms with E-state index in [4.69, 9.17) is 11.6 Å². The number of rotatable bonds is 4. The molecular formula is C14H16ClN5S. The van der Waals surface area contributed by atoms with Crippen molar-refractivity contribution in [3.63, 3.8) is 0 Å². The third-order valence-electron chi connectivity index (χ3n) is 3.60. The Morgan fingerprint density at radius 2 is 2.24 bits per heavy atom. The first-order chi connectivity index (χ1) is 10.1. The molecular weight excluding hydrogens is 306 g/mol. The number of hydrogen-bond donors (Lipinski definition) is 0. The average Bonchev–Trinajstić information content (AvgIpc) is 3.09. The molecule has 0 saturated heterocycles. The van der Waals surface area contributed by atoms with Crippen molar-refractivity contribution < 1.29 is 0 Å². The Bertz CT molecular complexity index is 752. The summed E-state index contributed by atoms with van der Waals surface area (Å²) in [5.74, 6) is 0.710. The van der Waals surface area contributed by atoms with Gasteiger partial charge in [-0.2, -0.15) is 5.10 Å². The van der Waals surface area contributed by atoms with Gasteiger partial charge in [-0.1, -0.05) is 17.7 Å². The highest BCUT2D eigenvalue weighted by Crippen LogP contribution is 2.25. The summed E-state index contributed by atoms with van der Waals surface area (Å²) in [5, 5.41) is 7.51. The van der Waals surface area contributed by atoms with Crippen molar-refractivity contribution in [2.45, 2.75) is 19.5 Å². The SMILES string of the molecule is CC(c1cccs1)N(C)Cc1nc(Cl)c2cnn(C)c2n1. The van der Waals surface area contributed by atoms with Crippen LogP contribution in [0.3, 0.4) is 0 Å². The van der Waals surface area contributed by atoms with Gasteiger partial charge in [-0.3, -0.25) is 9.58 Å². The minimum atomic E-state index is 0.314. The van der Waals surface area contributed by atoms with E-state index in [-0.39, 0.29) is 0 Å². The van der Waals surface area contributed by atoms with Crippen LogP contribution in [0.25, 0.3) is 11.0 Å². The van der Waals surface area contributed by atoms with Crippen LogP contribution in [0.1, 0.15) is 23.7 Å². The molecule has 3 heterocycles. The van der Waals surface area contributed by atoms with Crippen molar-refractivity contribution in [2.75, 3.05) is 7.05 Å². The van der Waals surface area contributed by atoms with Crippen LogP contribution < -0.4 is 0 Å². The zero-order valence-electron chi connectivity index (χ0n) is 12.1. The van der Waals surface area contributed by atoms with Gasteiger partial charge in [0, 0.05) is 18.0 Å². The van der Waals surface area contributed by atoms with Crippen LogP contribution in [0.2, 0.25) is 5.15 Å². The average molecular weight is 322 g/mol. The molecule has 0 aliphatic heterocycles. The van der Waals surface area contributed by atoms with E-state index >= 15 is 0 Å². The van der Waals surface area contributed by atoms with Crippen LogP contribution in [-0.2, 0) is 13.6 Å². The highest BCUT2D eigenvalue weighted by molar-refractivity contribution is 7.10. The lowest BCUT2D eigenvalue weighted by atomic mass is 10.2. The number of fused-ring (bicyclic) bond motifs is 1. The van der Waals surface area contributed by atoms with Gasteiger partial charge in [-0.05, 0) is 25.4 Å². The third kappa shape index (κ3) is 2.79. The molecule has 7 heteroatoms. The van der Waals surface area contributed by atoms with E-state index in [9.17, 15) is 0 Å². The molecule has 0 bridgehead atoms. The minimum absolute atomic E-state index is 0.314. The fraction of sp³-hybridized carbons (Fsp3) is 0.357. The highest BCUT2D eigenvalue weighted by atomic mass is 35.5. The summed E-state index contributed by atoms with van der Waals surface area (Å²) < 4.78 is 1.72. The summed E-state index contributed by atoms with van der Waals surface area (Å²) in [6.45, 7) is 2.82. The molecule has 0 aliphatic rings. The van der Waals surface area contributed by atoms with Crippen molar-refractivity contribution in [3.8, 4) is 0 Å². The van der Waals surface area contributed by atoms with Crippen LogP contribution in [0, 0.1) is 0 Å². The second-order valence-electron chi connectivity index (χ2n) is 5.04. The molecule has 0 aliphatic carbocycles. The Hall–Kier alpha value is -1.50. The topological polar surface area (TPSA) is 46.8 Å². The highest BCUT2D eigenvalue weighted by Gasteiger charge is 2.16. The molecule has 0 saturated carbocycles. The lowest BCUT2D eigenvalue weighted by molar-refractivity contribution is 0.250. The minimum Gasteiger partial charge on any atom is -0.291 e. The van der Waals surface area contributed by atoms with Crippen LogP contribution in [0.4, 0.5) is 0 Å². The van der Waals surface area contributed by atoms with Gasteiger partial charge in [-0.15, -0.1) is 11.3 Å². The van der Waals surface area contributed by atoms with Crippen LogP contribution >= 0.6 is 22.9 Å². The van der Waals surface area contributed by atoms with Crippen molar-refractivity contribution in [3.05, 3.63) is 39.6 Å². The fourth-order valence-electron chi connectivity index (χ4n) is 2.21. The maximum Gasteiger partial charge on any atom is 0.162 e. The Morgan fingerprint density at radius 3 is 2.95 bits per heavy atom. The maximum absolute atomic E-state index is 6.22. The normalized spacial score (nSPS) is 13.2. The predicted octanol–water partition coefficient (Wildman–Crippen LogP) is 3.27. The Labute approximate surface area is 132 Å². The van der Waals surface area contributed by atoms with Crippen LogP contribution in [0.15, 0.2) is 23.7 Å². The first-order valence-electron chi connectivity index (χ1n) is 6.64. The van der Waals surface area contributed by atoms with Gasteiger partial charge in [-0.25, -0.2) is 9.97 Å². The molecule has 0 aromatic carbocycles. The first kappa shape index (κ1) is 14.4. The van der Waals surface area contributed by atoms with E-state index in [1.54, 1.807) is 22.2 Å². The Kier molecular flexibility index (Phi) is 3.93. The number of aryl methyl sites for hydroxylation is 1. The summed E-state index contributed by atoms with van der Waals surface area (Å²) in [7, 11) is 3.92. The van der Waals surface area contributed by atoms with E-state index < -0.39 is 0 Å². The fourth-order valence-corrected chi connectivity index (χ4v) is 3.29. The molecule has 0 amide bonds. The zero-order valence-corrected chi connectivity index (χ0v) is 13.7. The van der Waals surface area contributed by atoms with Gasteiger partial charge in [0.05, 0.1) is 18.1 Å². The lowest BCUT2D eigenvalue weighted by Gasteiger charge is -2.22. The second kappa shape index (κ2) is 5.71. The Balaban J connectivity index is 1.86. The summed E-state index contributed by atoms with van der Waals surface area (Å²) in [6.07, 6.45) is 1.69. The molecule has 5 nitrogen and oxygen atoms in total. The van der Waals surface area contributed by atoms with E-state index in [2.05, 4.69) is 51.5 Å². The monoisotopic (exact) mass is 321 g/mol. The smallest absolute Gasteiger partial charge is 0.162 e. The van der Waals surface area contributed by atoms with E-state index in [0.717, 1.165) is 11.0 Å². The van der Waals surface area contributed by atoms with E-state index in [0.29, 0.717) is 23.6 Å². The largest absolute Gasteiger partial charge is 0.291 e. The van der Waals surface area contributed by atoms with Crippen molar-refractivity contribution in [1.82, 2.24) is 24.6 Å². The number of halogens is 1. The zero-order chi connectivity index (χ0) is 15.0. The molecule has 3 aromatic rings. The van der Waals surface area contributed by atoms with Crippen molar-refractivity contribution in [2.24, 2.45) is 7.05 Å². The van der Waals surface area contributed by atoms with E-state index in [1.165, 1.54) is 4.88 Å². The molecule has 21 heavy (non-hydrogen) atoms. The number of hydrogen-bond acceptors (Lipinski definition) is 5. The lowest BCUT2D eigenvalue weighted by Crippen LogP contribution is -2.22. The Morgan fingerprint density at radius 1 is 1.43 bits per heavy atom. The number of nitrogens with zero attached hydrogens (tertiary/aromatic N) is 5. The molecule has 110 valence electrons. The number of aromatic nitrogens is 4. The molecule has 1 unspecified atom stereocenters. The molecule has 0 fully saturated rings. The summed E-state index contributed by atoms with van der Waals surface area (Å²) in [4.78, 5) is 12.5. The van der Waals surface area contributed by atoms with Gasteiger partial charge < -0.3 is 0 Å². The summed E-state index contributed by atoms with van der Waals surface area (Å²) >= 11 is 7.97. The van der Waals surface area contributed by atoms with Gasteiger partial charge in [0.1, 0.15) is 11.0 Å². The molecule has 0 radical (unpaired) electrons. The van der Waals surface area contributed by atoms with E-state index in [1.807, 2.05) is 7.05 Å². The number of thiophene rings is 1. The molecule has 0 N–H and O–H groups in total. The van der Waals surface area contributed by atoms with Crippen LogP contribution in [-0.4, -0.2) is 31.7 Å². The molecule has 3 rings (SSSR count). The summed E-state index contributed by atoms with van der Waals surface area (Å²) in [5.41, 5.74) is 0.766. The van der Waals surface area contributed by atoms with Gasteiger partial charge in [0.15, 0.2) is 5.65 Å². The second-order valence-corrected chi connectivity index (χ2v) is 6.38. The first-order valence-corrected chi connectivity index (χ1v) is 7.90. The third-order valence-corrected chi connectivity index (χ3v) is 4.93. The van der Waals surface area contributed by atoms with Crippen LogP contribution in [0.5, 0.6) is 0 Å².